The minimum atomic E-state index is -1.19. The van der Waals surface area contributed by atoms with E-state index in [2.05, 4.69) is 5.32 Å². The summed E-state index contributed by atoms with van der Waals surface area (Å²) < 4.78 is 5.82. The van der Waals surface area contributed by atoms with E-state index in [1.54, 1.807) is 4.90 Å². The number of carboxylic acid groups (broad SMARTS) is 1. The maximum absolute atomic E-state index is 11.8. The highest BCUT2D eigenvalue weighted by Crippen LogP contribution is 2.28. The molecule has 2 heterocycles. The molecule has 0 aliphatic carbocycles. The fraction of sp³-hybridized carbons (Fsp3) is 0.250. The van der Waals surface area contributed by atoms with Gasteiger partial charge >= 0.3 is 6.09 Å². The topological polar surface area (TPSA) is 82.8 Å². The summed E-state index contributed by atoms with van der Waals surface area (Å²) in [5, 5.41) is 11.7. The van der Waals surface area contributed by atoms with Gasteiger partial charge in [0.15, 0.2) is 0 Å². The lowest BCUT2D eigenvalue weighted by Crippen LogP contribution is -2.41. The largest absolute Gasteiger partial charge is 0.465 e. The number of amides is 2. The second-order valence-electron chi connectivity index (χ2n) is 5.13. The van der Waals surface area contributed by atoms with E-state index in [0.717, 1.165) is 22.3 Å². The van der Waals surface area contributed by atoms with Crippen molar-refractivity contribution >= 4 is 28.5 Å². The average Bonchev–Trinajstić information content (AvgIpc) is 2.96. The Labute approximate surface area is 127 Å². The fourth-order valence-corrected chi connectivity index (χ4v) is 2.52. The molecular formula is C16H16N2O4. The lowest BCUT2D eigenvalue weighted by atomic mass is 10.1. The third kappa shape index (κ3) is 2.95. The molecular weight excluding hydrogens is 284 g/mol. The van der Waals surface area contributed by atoms with Crippen molar-refractivity contribution in [2.75, 3.05) is 19.6 Å². The summed E-state index contributed by atoms with van der Waals surface area (Å²) in [7, 11) is 0. The summed E-state index contributed by atoms with van der Waals surface area (Å²) >= 11 is 0. The van der Waals surface area contributed by atoms with Gasteiger partial charge in [0.1, 0.15) is 17.9 Å². The molecule has 0 unspecified atom stereocenters. The molecule has 1 aromatic carbocycles. The van der Waals surface area contributed by atoms with Gasteiger partial charge in [0.2, 0.25) is 5.91 Å². The molecule has 1 aromatic heterocycles. The molecule has 2 N–H and O–H groups in total. The molecule has 0 radical (unpaired) electrons. The van der Waals surface area contributed by atoms with Crippen molar-refractivity contribution in [2.45, 2.75) is 6.42 Å². The van der Waals surface area contributed by atoms with Gasteiger partial charge in [-0.3, -0.25) is 4.79 Å². The molecule has 114 valence electrons. The Morgan fingerprint density at radius 3 is 2.82 bits per heavy atom. The molecule has 6 heteroatoms. The van der Waals surface area contributed by atoms with Gasteiger partial charge in [-0.1, -0.05) is 24.3 Å². The van der Waals surface area contributed by atoms with Gasteiger partial charge in [-0.2, -0.15) is 0 Å². The smallest absolute Gasteiger partial charge is 0.405 e. The van der Waals surface area contributed by atoms with Crippen LogP contribution in [-0.2, 0) is 4.79 Å². The van der Waals surface area contributed by atoms with Crippen LogP contribution in [0.15, 0.2) is 40.8 Å². The molecule has 2 amide bonds. The van der Waals surface area contributed by atoms with Crippen LogP contribution < -0.4 is 5.32 Å². The Morgan fingerprint density at radius 1 is 1.32 bits per heavy atom. The van der Waals surface area contributed by atoms with Crippen molar-refractivity contribution in [1.82, 2.24) is 10.2 Å². The lowest BCUT2D eigenvalue weighted by Gasteiger charge is -2.25. The fourth-order valence-electron chi connectivity index (χ4n) is 2.52. The van der Waals surface area contributed by atoms with Crippen LogP contribution in [0.1, 0.15) is 12.2 Å². The van der Waals surface area contributed by atoms with Crippen molar-refractivity contribution < 1.29 is 19.1 Å². The van der Waals surface area contributed by atoms with Crippen LogP contribution in [-0.4, -0.2) is 41.6 Å². The number of nitrogens with one attached hydrogen (secondary N) is 1. The van der Waals surface area contributed by atoms with E-state index in [9.17, 15) is 9.59 Å². The molecule has 6 nitrogen and oxygen atoms in total. The molecule has 2 aromatic rings. The van der Waals surface area contributed by atoms with E-state index in [0.29, 0.717) is 19.5 Å². The van der Waals surface area contributed by atoms with Crippen molar-refractivity contribution in [1.29, 1.82) is 0 Å². The Kier molecular flexibility index (Phi) is 3.82. The molecule has 0 bridgehead atoms. The number of fused-ring (bicyclic) bond motifs is 1. The Balaban J connectivity index is 1.68. The summed E-state index contributed by atoms with van der Waals surface area (Å²) in [6.45, 7) is 0.832. The molecule has 1 aliphatic heterocycles. The minimum Gasteiger partial charge on any atom is -0.465 e. The predicted molar refractivity (Wildman–Crippen MR) is 81.4 cm³/mol. The molecule has 1 aliphatic rings. The van der Waals surface area contributed by atoms with Crippen molar-refractivity contribution in [2.24, 2.45) is 0 Å². The van der Waals surface area contributed by atoms with Crippen LogP contribution in [0.3, 0.4) is 0 Å². The SMILES string of the molecule is O=C(O)NCC(=O)N1CC=C(c2cc3ccccc3o2)CC1. The predicted octanol–water partition coefficient (Wildman–Crippen LogP) is 2.32. The first-order valence-electron chi connectivity index (χ1n) is 7.06. The van der Waals surface area contributed by atoms with E-state index in [-0.39, 0.29) is 12.5 Å². The van der Waals surface area contributed by atoms with Crippen LogP contribution in [0.5, 0.6) is 0 Å². The zero-order valence-electron chi connectivity index (χ0n) is 11.9. The number of hydrogen-bond acceptors (Lipinski definition) is 3. The number of para-hydroxylation sites is 1. The number of rotatable bonds is 3. The monoisotopic (exact) mass is 300 g/mol. The minimum absolute atomic E-state index is 0.191. The number of furan rings is 1. The highest BCUT2D eigenvalue weighted by Gasteiger charge is 2.19. The molecule has 22 heavy (non-hydrogen) atoms. The number of nitrogens with zero attached hydrogens (tertiary/aromatic N) is 1. The van der Waals surface area contributed by atoms with Gasteiger partial charge in [-0.15, -0.1) is 0 Å². The van der Waals surface area contributed by atoms with Crippen LogP contribution in [0.2, 0.25) is 0 Å². The van der Waals surface area contributed by atoms with Gasteiger partial charge in [0, 0.05) is 18.5 Å². The van der Waals surface area contributed by atoms with Gasteiger partial charge < -0.3 is 19.7 Å². The highest BCUT2D eigenvalue weighted by molar-refractivity contribution is 5.84. The van der Waals surface area contributed by atoms with Crippen LogP contribution in [0.4, 0.5) is 4.79 Å². The van der Waals surface area contributed by atoms with Gasteiger partial charge in [0.05, 0.1) is 0 Å². The third-order valence-corrected chi connectivity index (χ3v) is 3.69. The van der Waals surface area contributed by atoms with Gasteiger partial charge in [-0.05, 0) is 24.1 Å². The Bertz CT molecular complexity index is 714. The zero-order chi connectivity index (χ0) is 15.5. The van der Waals surface area contributed by atoms with Crippen molar-refractivity contribution in [3.05, 3.63) is 42.2 Å². The normalized spacial score (nSPS) is 14.7. The molecule has 0 saturated carbocycles. The van der Waals surface area contributed by atoms with Crippen LogP contribution in [0.25, 0.3) is 16.5 Å². The molecule has 0 saturated heterocycles. The summed E-state index contributed by atoms with van der Waals surface area (Å²) in [5.41, 5.74) is 1.93. The van der Waals surface area contributed by atoms with Crippen molar-refractivity contribution in [3.8, 4) is 0 Å². The van der Waals surface area contributed by atoms with Gasteiger partial charge in [-0.25, -0.2) is 4.79 Å². The van der Waals surface area contributed by atoms with Crippen LogP contribution >= 0.6 is 0 Å². The quantitative estimate of drug-likeness (QED) is 0.911. The first kappa shape index (κ1) is 14.2. The molecule has 0 atom stereocenters. The van der Waals surface area contributed by atoms with E-state index < -0.39 is 6.09 Å². The number of benzene rings is 1. The second-order valence-corrected chi connectivity index (χ2v) is 5.13. The summed E-state index contributed by atoms with van der Waals surface area (Å²) in [4.78, 5) is 23.9. The molecule has 0 spiro atoms. The van der Waals surface area contributed by atoms with Crippen LogP contribution in [0, 0.1) is 0 Å². The van der Waals surface area contributed by atoms with E-state index in [1.807, 2.05) is 36.4 Å². The first-order valence-corrected chi connectivity index (χ1v) is 7.06. The zero-order valence-corrected chi connectivity index (χ0v) is 11.9. The molecule has 3 rings (SSSR count). The summed E-state index contributed by atoms with van der Waals surface area (Å²) in [6.07, 6.45) is 1.46. The first-order chi connectivity index (χ1) is 10.6. The average molecular weight is 300 g/mol. The Morgan fingerprint density at radius 2 is 2.14 bits per heavy atom. The third-order valence-electron chi connectivity index (χ3n) is 3.69. The Hall–Kier alpha value is -2.76. The second kappa shape index (κ2) is 5.93. The van der Waals surface area contributed by atoms with Crippen molar-refractivity contribution in [3.63, 3.8) is 0 Å². The number of hydrogen-bond donors (Lipinski definition) is 2. The summed E-state index contributed by atoms with van der Waals surface area (Å²) in [5.74, 6) is 0.610. The van der Waals surface area contributed by atoms with E-state index >= 15 is 0 Å². The van der Waals surface area contributed by atoms with E-state index in [4.69, 9.17) is 9.52 Å². The lowest BCUT2D eigenvalue weighted by molar-refractivity contribution is -0.129. The maximum atomic E-state index is 11.8. The van der Waals surface area contributed by atoms with E-state index in [1.165, 1.54) is 0 Å². The standard InChI is InChI=1S/C16H16N2O4/c19-15(10-17-16(20)21)18-7-5-11(6-8-18)14-9-12-3-1-2-4-13(12)22-14/h1-5,9,17H,6-8,10H2,(H,20,21). The maximum Gasteiger partial charge on any atom is 0.405 e. The summed E-state index contributed by atoms with van der Waals surface area (Å²) in [6, 6.07) is 9.83. The number of carbonyl (C=O) groups is 2. The molecule has 0 fully saturated rings. The number of carbonyl (C=O) groups excluding carboxylic acids is 1. The highest BCUT2D eigenvalue weighted by atomic mass is 16.4. The van der Waals surface area contributed by atoms with Gasteiger partial charge in [0.25, 0.3) is 0 Å².